The van der Waals surface area contributed by atoms with Gasteiger partial charge in [-0.2, -0.15) is 5.10 Å². The van der Waals surface area contributed by atoms with Crippen LogP contribution in [0.5, 0.6) is 0 Å². The van der Waals surface area contributed by atoms with Crippen molar-refractivity contribution < 1.29 is 19.1 Å². The average molecular weight is 374 g/mol. The molecule has 1 saturated heterocycles. The number of rotatable bonds is 5. The van der Waals surface area contributed by atoms with Crippen LogP contribution in [0.2, 0.25) is 0 Å². The average Bonchev–Trinajstić information content (AvgIpc) is 3.04. The number of aromatic nitrogens is 2. The molecule has 27 heavy (non-hydrogen) atoms. The highest BCUT2D eigenvalue weighted by Gasteiger charge is 2.35. The summed E-state index contributed by atoms with van der Waals surface area (Å²) in [6, 6.07) is -0.0132. The first-order chi connectivity index (χ1) is 13.0. The summed E-state index contributed by atoms with van der Waals surface area (Å²) < 4.78 is 6.87. The van der Waals surface area contributed by atoms with E-state index in [0.717, 1.165) is 12.0 Å². The molecule has 8 nitrogen and oxygen atoms in total. The number of nitrogens with zero attached hydrogens (tertiary/aromatic N) is 4. The lowest BCUT2D eigenvalue weighted by molar-refractivity contribution is -0.119. The number of fused-ring (bicyclic) bond motifs is 1. The maximum atomic E-state index is 13.2. The van der Waals surface area contributed by atoms with Crippen LogP contribution < -0.4 is 0 Å². The van der Waals surface area contributed by atoms with Crippen LogP contribution in [0.15, 0.2) is 11.8 Å². The quantitative estimate of drug-likeness (QED) is 0.440. The van der Waals surface area contributed by atoms with Gasteiger partial charge in [0.1, 0.15) is 5.69 Å². The van der Waals surface area contributed by atoms with Gasteiger partial charge in [-0.05, 0) is 32.6 Å². The van der Waals surface area contributed by atoms with E-state index in [2.05, 4.69) is 5.10 Å². The van der Waals surface area contributed by atoms with Crippen LogP contribution in [0.3, 0.4) is 0 Å². The zero-order chi connectivity index (χ0) is 19.6. The molecule has 0 unspecified atom stereocenters. The summed E-state index contributed by atoms with van der Waals surface area (Å²) in [6.07, 6.45) is 5.25. The Hall–Kier alpha value is -2.64. The Morgan fingerprint density at radius 2 is 2.00 bits per heavy atom. The first-order valence-corrected chi connectivity index (χ1v) is 9.35. The molecule has 8 heteroatoms. The number of amides is 1. The van der Waals surface area contributed by atoms with Gasteiger partial charge in [-0.1, -0.05) is 0 Å². The molecule has 0 radical (unpaired) electrons. The van der Waals surface area contributed by atoms with Crippen molar-refractivity contribution in [2.24, 2.45) is 0 Å². The first-order valence-electron chi connectivity index (χ1n) is 9.35. The van der Waals surface area contributed by atoms with E-state index in [-0.39, 0.29) is 24.1 Å². The maximum Gasteiger partial charge on any atom is 0.359 e. The number of hydrogen-bond acceptors (Lipinski definition) is 6. The molecule has 1 aliphatic carbocycles. The van der Waals surface area contributed by atoms with Crippen LogP contribution in [0, 0.1) is 0 Å². The highest BCUT2D eigenvalue weighted by molar-refractivity contribution is 6.11. The SMILES string of the molecule is CCOC(=O)c1nn(C2CCN(C=O)CC2)c2c1CCC(=CN(C)C)C2=O. The van der Waals surface area contributed by atoms with Crippen LogP contribution in [-0.4, -0.2) is 71.5 Å². The molecule has 3 rings (SSSR count). The lowest BCUT2D eigenvalue weighted by atomic mass is 9.90. The molecular formula is C19H26N4O4. The van der Waals surface area contributed by atoms with Crippen molar-refractivity contribution >= 4 is 18.2 Å². The molecule has 0 aromatic carbocycles. The fourth-order valence-electron chi connectivity index (χ4n) is 3.77. The molecule has 1 aromatic heterocycles. The Labute approximate surface area is 158 Å². The topological polar surface area (TPSA) is 84.7 Å². The van der Waals surface area contributed by atoms with Crippen LogP contribution in [0.1, 0.15) is 58.8 Å². The van der Waals surface area contributed by atoms with E-state index in [1.165, 1.54) is 0 Å². The van der Waals surface area contributed by atoms with Crippen molar-refractivity contribution in [1.82, 2.24) is 19.6 Å². The van der Waals surface area contributed by atoms with Crippen molar-refractivity contribution in [3.8, 4) is 0 Å². The van der Waals surface area contributed by atoms with Crippen molar-refractivity contribution in [2.45, 2.75) is 38.6 Å². The molecule has 0 N–H and O–H groups in total. The second-order valence-corrected chi connectivity index (χ2v) is 7.16. The number of hydrogen-bond donors (Lipinski definition) is 0. The molecule has 1 aliphatic heterocycles. The number of esters is 1. The number of carbonyl (C=O) groups excluding carboxylic acids is 3. The van der Waals surface area contributed by atoms with Crippen LogP contribution in [0.25, 0.3) is 0 Å². The van der Waals surface area contributed by atoms with E-state index in [1.54, 1.807) is 16.5 Å². The lowest BCUT2D eigenvalue weighted by Gasteiger charge is -2.30. The van der Waals surface area contributed by atoms with Crippen molar-refractivity contribution in [3.05, 3.63) is 28.7 Å². The Kier molecular flexibility index (Phi) is 5.62. The van der Waals surface area contributed by atoms with Gasteiger partial charge in [-0.15, -0.1) is 0 Å². The van der Waals surface area contributed by atoms with Gasteiger partial charge >= 0.3 is 5.97 Å². The smallest absolute Gasteiger partial charge is 0.359 e. The van der Waals surface area contributed by atoms with Gasteiger partial charge < -0.3 is 14.5 Å². The summed E-state index contributed by atoms with van der Waals surface area (Å²) in [7, 11) is 3.76. The number of carbonyl (C=O) groups is 3. The van der Waals surface area contributed by atoms with E-state index >= 15 is 0 Å². The Bertz CT molecular complexity index is 773. The zero-order valence-corrected chi connectivity index (χ0v) is 16.1. The minimum absolute atomic E-state index is 0.0132. The molecule has 2 aliphatic rings. The minimum Gasteiger partial charge on any atom is -0.461 e. The summed E-state index contributed by atoms with van der Waals surface area (Å²) in [4.78, 5) is 40.1. The summed E-state index contributed by atoms with van der Waals surface area (Å²) in [5.41, 5.74) is 2.16. The standard InChI is InChI=1S/C19H26N4O4/c1-4-27-19(26)16-15-6-5-13(11-21(2)3)18(25)17(15)23(20-16)14-7-9-22(12-24)10-8-14/h11-12,14H,4-10H2,1-3H3. The summed E-state index contributed by atoms with van der Waals surface area (Å²) >= 11 is 0. The molecule has 0 saturated carbocycles. The summed E-state index contributed by atoms with van der Waals surface area (Å²) in [6.45, 7) is 3.25. The maximum absolute atomic E-state index is 13.2. The predicted octanol–water partition coefficient (Wildman–Crippen LogP) is 1.43. The summed E-state index contributed by atoms with van der Waals surface area (Å²) in [5.74, 6) is -0.559. The van der Waals surface area contributed by atoms with Gasteiger partial charge in [0.05, 0.1) is 12.6 Å². The molecule has 0 spiro atoms. The molecular weight excluding hydrogens is 348 g/mol. The van der Waals surface area contributed by atoms with Crippen LogP contribution in [-0.2, 0) is 16.0 Å². The van der Waals surface area contributed by atoms with E-state index in [1.807, 2.05) is 25.2 Å². The van der Waals surface area contributed by atoms with E-state index in [9.17, 15) is 14.4 Å². The lowest BCUT2D eigenvalue weighted by Crippen LogP contribution is -2.35. The number of Topliss-reactive ketones (excluding diaryl/α,β-unsaturated/α-hetero) is 1. The number of allylic oxidation sites excluding steroid dienone is 1. The Balaban J connectivity index is 2.02. The number of ketones is 1. The van der Waals surface area contributed by atoms with Crippen molar-refractivity contribution in [2.75, 3.05) is 33.8 Å². The molecule has 0 bridgehead atoms. The van der Waals surface area contributed by atoms with Crippen molar-refractivity contribution in [3.63, 3.8) is 0 Å². The fraction of sp³-hybridized carbons (Fsp3) is 0.579. The van der Waals surface area contributed by atoms with E-state index in [0.29, 0.717) is 50.0 Å². The van der Waals surface area contributed by atoms with Crippen LogP contribution >= 0.6 is 0 Å². The molecule has 1 aromatic rings. The third-order valence-corrected chi connectivity index (χ3v) is 5.04. The van der Waals surface area contributed by atoms with Gasteiger partial charge in [0, 0.05) is 44.5 Å². The van der Waals surface area contributed by atoms with Gasteiger partial charge in [0.2, 0.25) is 12.2 Å². The largest absolute Gasteiger partial charge is 0.461 e. The molecule has 1 fully saturated rings. The third-order valence-electron chi connectivity index (χ3n) is 5.04. The molecule has 0 atom stereocenters. The van der Waals surface area contributed by atoms with Gasteiger partial charge in [-0.25, -0.2) is 4.79 Å². The van der Waals surface area contributed by atoms with Gasteiger partial charge in [0.15, 0.2) is 5.69 Å². The zero-order valence-electron chi connectivity index (χ0n) is 16.1. The molecule has 2 heterocycles. The fourth-order valence-corrected chi connectivity index (χ4v) is 3.77. The Morgan fingerprint density at radius 3 is 2.59 bits per heavy atom. The number of ether oxygens (including phenoxy) is 1. The van der Waals surface area contributed by atoms with Gasteiger partial charge in [-0.3, -0.25) is 14.3 Å². The highest BCUT2D eigenvalue weighted by Crippen LogP contribution is 2.33. The Morgan fingerprint density at radius 1 is 1.30 bits per heavy atom. The second-order valence-electron chi connectivity index (χ2n) is 7.16. The van der Waals surface area contributed by atoms with Crippen molar-refractivity contribution in [1.29, 1.82) is 0 Å². The molecule has 146 valence electrons. The third kappa shape index (κ3) is 3.74. The number of piperidine rings is 1. The predicted molar refractivity (Wildman–Crippen MR) is 98.5 cm³/mol. The normalized spacial score (nSPS) is 19.1. The minimum atomic E-state index is -0.481. The van der Waals surface area contributed by atoms with Gasteiger partial charge in [0.25, 0.3) is 0 Å². The first kappa shape index (κ1) is 19.1. The molecule has 1 amide bonds. The second kappa shape index (κ2) is 7.94. The summed E-state index contributed by atoms with van der Waals surface area (Å²) in [5, 5.41) is 4.52. The van der Waals surface area contributed by atoms with Crippen LogP contribution in [0.4, 0.5) is 0 Å². The van der Waals surface area contributed by atoms with E-state index in [4.69, 9.17) is 4.74 Å². The van der Waals surface area contributed by atoms with E-state index < -0.39 is 5.97 Å². The monoisotopic (exact) mass is 374 g/mol. The number of likely N-dealkylation sites (tertiary alicyclic amines) is 1. The highest BCUT2D eigenvalue weighted by atomic mass is 16.5.